The van der Waals surface area contributed by atoms with Gasteiger partial charge < -0.3 is 14.2 Å². The zero-order valence-electron chi connectivity index (χ0n) is 40.3. The SMILES string of the molecule is CC/C=C\C/C=C\C/C=C\C/C=C\C/C=C\CCCCOCC(COC(=O)CCCCCCC/C=C\C/C=C\CCCCC)OC(=O)CCCCCCC/C=C\C/C=C\CCC. The predicted octanol–water partition coefficient (Wildman–Crippen LogP) is 17.2. The average molecular weight is 859 g/mol. The molecule has 0 aliphatic rings. The van der Waals surface area contributed by atoms with Crippen molar-refractivity contribution in [3.05, 3.63) is 109 Å². The summed E-state index contributed by atoms with van der Waals surface area (Å²) >= 11 is 0. The molecular formula is C57H94O5. The molecule has 0 amide bonds. The molecule has 5 nitrogen and oxygen atoms in total. The van der Waals surface area contributed by atoms with Crippen LogP contribution in [-0.4, -0.2) is 37.9 Å². The van der Waals surface area contributed by atoms with Crippen LogP contribution in [0.3, 0.4) is 0 Å². The summed E-state index contributed by atoms with van der Waals surface area (Å²) in [5.74, 6) is -0.461. The summed E-state index contributed by atoms with van der Waals surface area (Å²) in [6.45, 7) is 7.48. The van der Waals surface area contributed by atoms with Crippen molar-refractivity contribution in [3.63, 3.8) is 0 Å². The normalized spacial score (nSPS) is 13.1. The number of ether oxygens (including phenoxy) is 3. The van der Waals surface area contributed by atoms with Crippen molar-refractivity contribution in [3.8, 4) is 0 Å². The van der Waals surface area contributed by atoms with Gasteiger partial charge in [-0.25, -0.2) is 0 Å². The second-order valence-electron chi connectivity index (χ2n) is 16.3. The third kappa shape index (κ3) is 49.2. The molecule has 0 heterocycles. The first-order chi connectivity index (χ1) is 30.6. The van der Waals surface area contributed by atoms with E-state index in [2.05, 4.69) is 130 Å². The van der Waals surface area contributed by atoms with Gasteiger partial charge in [-0.2, -0.15) is 0 Å². The zero-order valence-corrected chi connectivity index (χ0v) is 40.3. The molecule has 0 saturated heterocycles. The van der Waals surface area contributed by atoms with E-state index in [0.29, 0.717) is 19.4 Å². The van der Waals surface area contributed by atoms with Crippen molar-refractivity contribution in [2.24, 2.45) is 0 Å². The lowest BCUT2D eigenvalue weighted by atomic mass is 10.1. The lowest BCUT2D eigenvalue weighted by Crippen LogP contribution is -2.30. The molecule has 0 aromatic rings. The van der Waals surface area contributed by atoms with Gasteiger partial charge in [0.05, 0.1) is 6.61 Å². The summed E-state index contributed by atoms with van der Waals surface area (Å²) in [6, 6.07) is 0. The van der Waals surface area contributed by atoms with Crippen LogP contribution in [0.2, 0.25) is 0 Å². The number of hydrogen-bond donors (Lipinski definition) is 0. The van der Waals surface area contributed by atoms with Gasteiger partial charge >= 0.3 is 11.9 Å². The lowest BCUT2D eigenvalue weighted by Gasteiger charge is -2.18. The molecular weight excluding hydrogens is 765 g/mol. The third-order valence-electron chi connectivity index (χ3n) is 10.2. The summed E-state index contributed by atoms with van der Waals surface area (Å²) in [4.78, 5) is 25.4. The summed E-state index contributed by atoms with van der Waals surface area (Å²) in [5, 5.41) is 0. The fourth-order valence-corrected chi connectivity index (χ4v) is 6.48. The van der Waals surface area contributed by atoms with E-state index in [-0.39, 0.29) is 25.2 Å². The summed E-state index contributed by atoms with van der Waals surface area (Å²) in [6.07, 6.45) is 71.0. The Morgan fingerprint density at radius 1 is 0.371 bits per heavy atom. The van der Waals surface area contributed by atoms with Gasteiger partial charge in [0.2, 0.25) is 0 Å². The molecule has 0 saturated carbocycles. The minimum atomic E-state index is -0.578. The highest BCUT2D eigenvalue weighted by Crippen LogP contribution is 2.12. The van der Waals surface area contributed by atoms with Gasteiger partial charge in [-0.15, -0.1) is 0 Å². The Morgan fingerprint density at radius 2 is 0.758 bits per heavy atom. The van der Waals surface area contributed by atoms with Crippen LogP contribution in [0.25, 0.3) is 0 Å². The minimum absolute atomic E-state index is 0.0484. The number of rotatable bonds is 45. The van der Waals surface area contributed by atoms with Crippen LogP contribution in [0.4, 0.5) is 0 Å². The third-order valence-corrected chi connectivity index (χ3v) is 10.2. The van der Waals surface area contributed by atoms with Crippen LogP contribution in [0, 0.1) is 0 Å². The fraction of sp³-hybridized carbons (Fsp3) is 0.649. The second-order valence-corrected chi connectivity index (χ2v) is 16.3. The Kier molecular flexibility index (Phi) is 49.0. The first kappa shape index (κ1) is 58.6. The molecule has 0 aliphatic carbocycles. The average Bonchev–Trinajstić information content (AvgIpc) is 3.27. The molecule has 0 aromatic heterocycles. The Morgan fingerprint density at radius 3 is 1.23 bits per heavy atom. The van der Waals surface area contributed by atoms with Gasteiger partial charge in [-0.1, -0.05) is 188 Å². The number of carbonyl (C=O) groups is 2. The van der Waals surface area contributed by atoms with Crippen LogP contribution in [0.5, 0.6) is 0 Å². The smallest absolute Gasteiger partial charge is 0.306 e. The largest absolute Gasteiger partial charge is 0.462 e. The molecule has 0 aromatic carbocycles. The number of esters is 2. The number of allylic oxidation sites excluding steroid dienone is 18. The van der Waals surface area contributed by atoms with Gasteiger partial charge in [0.1, 0.15) is 6.61 Å². The van der Waals surface area contributed by atoms with Crippen molar-refractivity contribution >= 4 is 11.9 Å². The van der Waals surface area contributed by atoms with Gasteiger partial charge in [-0.3, -0.25) is 9.59 Å². The highest BCUT2D eigenvalue weighted by Gasteiger charge is 2.17. The van der Waals surface area contributed by atoms with Crippen molar-refractivity contribution < 1.29 is 23.8 Å². The Labute approximate surface area is 383 Å². The Hall–Kier alpha value is -3.44. The maximum atomic E-state index is 12.8. The van der Waals surface area contributed by atoms with Crippen LogP contribution < -0.4 is 0 Å². The summed E-state index contributed by atoms with van der Waals surface area (Å²) in [7, 11) is 0. The number of carbonyl (C=O) groups excluding carboxylic acids is 2. The molecule has 352 valence electrons. The molecule has 0 bridgehead atoms. The van der Waals surface area contributed by atoms with Crippen molar-refractivity contribution in [1.82, 2.24) is 0 Å². The molecule has 1 unspecified atom stereocenters. The summed E-state index contributed by atoms with van der Waals surface area (Å²) < 4.78 is 17.3. The van der Waals surface area contributed by atoms with E-state index in [0.717, 1.165) is 122 Å². The maximum Gasteiger partial charge on any atom is 0.306 e. The van der Waals surface area contributed by atoms with Crippen molar-refractivity contribution in [1.29, 1.82) is 0 Å². The monoisotopic (exact) mass is 859 g/mol. The van der Waals surface area contributed by atoms with Crippen LogP contribution in [0.1, 0.15) is 213 Å². The molecule has 0 aliphatic heterocycles. The number of hydrogen-bond acceptors (Lipinski definition) is 5. The molecule has 0 rings (SSSR count). The zero-order chi connectivity index (χ0) is 44.9. The molecule has 0 spiro atoms. The van der Waals surface area contributed by atoms with E-state index in [1.165, 1.54) is 57.8 Å². The first-order valence-electron chi connectivity index (χ1n) is 25.4. The fourth-order valence-electron chi connectivity index (χ4n) is 6.48. The Bertz CT molecular complexity index is 1250. The molecule has 1 atom stereocenters. The van der Waals surface area contributed by atoms with Crippen LogP contribution in [0.15, 0.2) is 109 Å². The Balaban J connectivity index is 4.41. The van der Waals surface area contributed by atoms with E-state index in [4.69, 9.17) is 14.2 Å². The maximum absolute atomic E-state index is 12.8. The standard InChI is InChI=1S/C57H94O5/c1-4-7-10-13-16-19-22-25-27-28-29-31-34-37-40-43-46-49-52-60-53-55(62-57(59)51-48-45-42-39-36-32-24-21-18-15-12-9-6-3)54-61-56(58)50-47-44-41-38-35-33-30-26-23-20-17-14-11-8-5-2/h7,10,12,15-17,19-21,24-27,29-31,37,40,55H,4-6,8-9,11,13-14,18,22-23,28,32-36,38-39,41-54H2,1-3H3/b10-7-,15-12-,19-16-,20-17-,24-21-,27-25-,30-26-,31-29-,40-37-. The lowest BCUT2D eigenvalue weighted by molar-refractivity contribution is -0.163. The second kappa shape index (κ2) is 51.9. The molecule has 0 N–H and O–H groups in total. The minimum Gasteiger partial charge on any atom is -0.462 e. The highest BCUT2D eigenvalue weighted by atomic mass is 16.6. The number of unbranched alkanes of at least 4 members (excludes halogenated alkanes) is 16. The van der Waals surface area contributed by atoms with E-state index in [1.807, 2.05) is 0 Å². The van der Waals surface area contributed by atoms with Gasteiger partial charge in [0, 0.05) is 19.4 Å². The van der Waals surface area contributed by atoms with E-state index >= 15 is 0 Å². The first-order valence-corrected chi connectivity index (χ1v) is 25.4. The van der Waals surface area contributed by atoms with Crippen molar-refractivity contribution in [2.45, 2.75) is 219 Å². The topological polar surface area (TPSA) is 61.8 Å². The highest BCUT2D eigenvalue weighted by molar-refractivity contribution is 5.70. The predicted molar refractivity (Wildman–Crippen MR) is 269 cm³/mol. The molecule has 0 radical (unpaired) electrons. The quantitative estimate of drug-likeness (QED) is 0.0347. The molecule has 5 heteroatoms. The van der Waals surface area contributed by atoms with E-state index < -0.39 is 6.10 Å². The molecule has 62 heavy (non-hydrogen) atoms. The van der Waals surface area contributed by atoms with Gasteiger partial charge in [-0.05, 0) is 122 Å². The van der Waals surface area contributed by atoms with Crippen molar-refractivity contribution in [2.75, 3.05) is 19.8 Å². The van der Waals surface area contributed by atoms with E-state index in [1.54, 1.807) is 0 Å². The van der Waals surface area contributed by atoms with Crippen LogP contribution >= 0.6 is 0 Å². The van der Waals surface area contributed by atoms with Crippen LogP contribution in [-0.2, 0) is 23.8 Å². The van der Waals surface area contributed by atoms with Gasteiger partial charge in [0.15, 0.2) is 6.10 Å². The van der Waals surface area contributed by atoms with E-state index in [9.17, 15) is 9.59 Å². The molecule has 0 fully saturated rings. The summed E-state index contributed by atoms with van der Waals surface area (Å²) in [5.41, 5.74) is 0. The van der Waals surface area contributed by atoms with Gasteiger partial charge in [0.25, 0.3) is 0 Å².